The molecule has 106 valence electrons. The van der Waals surface area contributed by atoms with E-state index in [2.05, 4.69) is 22.1 Å². The van der Waals surface area contributed by atoms with Crippen molar-refractivity contribution < 1.29 is 4.74 Å². The zero-order valence-corrected chi connectivity index (χ0v) is 11.9. The molecule has 0 aliphatic carbocycles. The lowest BCUT2D eigenvalue weighted by atomic mass is 10.3. The summed E-state index contributed by atoms with van der Waals surface area (Å²) in [6, 6.07) is 4.05. The highest BCUT2D eigenvalue weighted by atomic mass is 16.5. The lowest BCUT2D eigenvalue weighted by Crippen LogP contribution is -2.25. The van der Waals surface area contributed by atoms with Gasteiger partial charge in [0.2, 0.25) is 0 Å². The van der Waals surface area contributed by atoms with Crippen LogP contribution in [-0.2, 0) is 6.54 Å². The fourth-order valence-electron chi connectivity index (χ4n) is 2.29. The van der Waals surface area contributed by atoms with E-state index in [-0.39, 0.29) is 0 Å². The third-order valence-electron chi connectivity index (χ3n) is 3.41. The molecular formula is C15H25N3O. The Balaban J connectivity index is 1.66. The van der Waals surface area contributed by atoms with Crippen molar-refractivity contribution in [2.45, 2.75) is 32.7 Å². The van der Waals surface area contributed by atoms with Crippen LogP contribution in [0.1, 0.15) is 31.9 Å². The normalized spacial score (nSPS) is 15.8. The Hall–Kier alpha value is -1.13. The monoisotopic (exact) mass is 263 g/mol. The van der Waals surface area contributed by atoms with E-state index in [1.807, 2.05) is 18.3 Å². The number of nitrogens with zero attached hydrogens (tertiary/aromatic N) is 2. The van der Waals surface area contributed by atoms with E-state index >= 15 is 0 Å². The Labute approximate surface area is 116 Å². The zero-order chi connectivity index (χ0) is 13.3. The van der Waals surface area contributed by atoms with Crippen LogP contribution < -0.4 is 10.1 Å². The van der Waals surface area contributed by atoms with E-state index in [9.17, 15) is 0 Å². The number of nitrogens with one attached hydrogen (secondary N) is 1. The number of rotatable bonds is 8. The fourth-order valence-corrected chi connectivity index (χ4v) is 2.29. The molecule has 1 aliphatic rings. The van der Waals surface area contributed by atoms with E-state index in [0.717, 1.165) is 44.1 Å². The quantitative estimate of drug-likeness (QED) is 0.729. The summed E-state index contributed by atoms with van der Waals surface area (Å²) in [5.41, 5.74) is 1.07. The second-order valence-corrected chi connectivity index (χ2v) is 5.06. The molecule has 1 fully saturated rings. The van der Waals surface area contributed by atoms with Crippen LogP contribution >= 0.6 is 0 Å². The molecule has 0 bridgehead atoms. The maximum Gasteiger partial charge on any atom is 0.137 e. The van der Waals surface area contributed by atoms with E-state index in [4.69, 9.17) is 4.74 Å². The van der Waals surface area contributed by atoms with E-state index in [0.29, 0.717) is 0 Å². The Morgan fingerprint density at radius 1 is 1.32 bits per heavy atom. The van der Waals surface area contributed by atoms with Crippen molar-refractivity contribution in [2.75, 3.05) is 32.8 Å². The summed E-state index contributed by atoms with van der Waals surface area (Å²) >= 11 is 0. The van der Waals surface area contributed by atoms with Crippen molar-refractivity contribution in [1.82, 2.24) is 15.2 Å². The molecule has 0 amide bonds. The van der Waals surface area contributed by atoms with Crippen molar-refractivity contribution in [3.8, 4) is 5.75 Å². The summed E-state index contributed by atoms with van der Waals surface area (Å²) in [6.45, 7) is 8.28. The van der Waals surface area contributed by atoms with Gasteiger partial charge in [0.15, 0.2) is 0 Å². The van der Waals surface area contributed by atoms with E-state index in [1.54, 1.807) is 0 Å². The molecule has 0 unspecified atom stereocenters. The second-order valence-electron chi connectivity index (χ2n) is 5.06. The van der Waals surface area contributed by atoms with Crippen LogP contribution in [0.4, 0.5) is 0 Å². The third kappa shape index (κ3) is 5.17. The minimum atomic E-state index is 0.759. The maximum atomic E-state index is 5.72. The molecule has 0 radical (unpaired) electrons. The van der Waals surface area contributed by atoms with Crippen molar-refractivity contribution in [3.05, 3.63) is 24.0 Å². The van der Waals surface area contributed by atoms with Gasteiger partial charge in [0.1, 0.15) is 12.4 Å². The van der Waals surface area contributed by atoms with Gasteiger partial charge in [-0.3, -0.25) is 9.88 Å². The van der Waals surface area contributed by atoms with Crippen molar-refractivity contribution in [3.63, 3.8) is 0 Å². The minimum Gasteiger partial charge on any atom is -0.491 e. The van der Waals surface area contributed by atoms with Gasteiger partial charge in [-0.15, -0.1) is 0 Å². The average molecular weight is 263 g/mol. The molecule has 1 saturated heterocycles. The Morgan fingerprint density at radius 2 is 2.16 bits per heavy atom. The molecule has 1 N–H and O–H groups in total. The van der Waals surface area contributed by atoms with Gasteiger partial charge in [-0.1, -0.05) is 6.92 Å². The average Bonchev–Trinajstić information content (AvgIpc) is 2.94. The van der Waals surface area contributed by atoms with Gasteiger partial charge < -0.3 is 10.1 Å². The van der Waals surface area contributed by atoms with Crippen LogP contribution in [-0.4, -0.2) is 42.7 Å². The van der Waals surface area contributed by atoms with Crippen LogP contribution in [0.25, 0.3) is 0 Å². The Kier molecular flexibility index (Phi) is 6.11. The molecular weight excluding hydrogens is 238 g/mol. The molecule has 19 heavy (non-hydrogen) atoms. The molecule has 1 aromatic heterocycles. The molecule has 4 nitrogen and oxygen atoms in total. The first-order chi connectivity index (χ1) is 9.38. The molecule has 0 spiro atoms. The van der Waals surface area contributed by atoms with E-state index in [1.165, 1.54) is 25.9 Å². The first-order valence-corrected chi connectivity index (χ1v) is 7.39. The SMILES string of the molecule is CCCNCc1ccc(OCCN2CCCC2)cn1. The molecule has 2 rings (SSSR count). The van der Waals surface area contributed by atoms with Gasteiger partial charge in [-0.25, -0.2) is 0 Å². The number of ether oxygens (including phenoxy) is 1. The molecule has 1 aliphatic heterocycles. The predicted octanol–water partition coefficient (Wildman–Crippen LogP) is 2.06. The van der Waals surface area contributed by atoms with E-state index < -0.39 is 0 Å². The number of likely N-dealkylation sites (tertiary alicyclic amines) is 1. The molecule has 1 aromatic rings. The Morgan fingerprint density at radius 3 is 2.84 bits per heavy atom. The predicted molar refractivity (Wildman–Crippen MR) is 77.4 cm³/mol. The van der Waals surface area contributed by atoms with Crippen molar-refractivity contribution >= 4 is 0 Å². The lowest BCUT2D eigenvalue weighted by Gasteiger charge is -2.14. The molecule has 0 aromatic carbocycles. The van der Waals surface area contributed by atoms with Gasteiger partial charge in [0.25, 0.3) is 0 Å². The third-order valence-corrected chi connectivity index (χ3v) is 3.41. The summed E-state index contributed by atoms with van der Waals surface area (Å²) in [5.74, 6) is 0.874. The van der Waals surface area contributed by atoms with Crippen LogP contribution in [0.3, 0.4) is 0 Å². The summed E-state index contributed by atoms with van der Waals surface area (Å²) in [7, 11) is 0. The first-order valence-electron chi connectivity index (χ1n) is 7.39. The smallest absolute Gasteiger partial charge is 0.137 e. The fraction of sp³-hybridized carbons (Fsp3) is 0.667. The molecule has 0 atom stereocenters. The van der Waals surface area contributed by atoms with Crippen LogP contribution in [0.5, 0.6) is 5.75 Å². The summed E-state index contributed by atoms with van der Waals surface area (Å²) in [5, 5.41) is 3.34. The van der Waals surface area contributed by atoms with Crippen LogP contribution in [0, 0.1) is 0 Å². The number of aromatic nitrogens is 1. The van der Waals surface area contributed by atoms with Gasteiger partial charge in [0.05, 0.1) is 11.9 Å². The van der Waals surface area contributed by atoms with Crippen LogP contribution in [0.2, 0.25) is 0 Å². The molecule has 0 saturated carbocycles. The van der Waals surface area contributed by atoms with Crippen molar-refractivity contribution in [2.24, 2.45) is 0 Å². The lowest BCUT2D eigenvalue weighted by molar-refractivity contribution is 0.237. The van der Waals surface area contributed by atoms with Gasteiger partial charge in [0, 0.05) is 13.1 Å². The highest BCUT2D eigenvalue weighted by Crippen LogP contribution is 2.10. The Bertz CT molecular complexity index is 347. The number of hydrogen-bond acceptors (Lipinski definition) is 4. The topological polar surface area (TPSA) is 37.4 Å². The summed E-state index contributed by atoms with van der Waals surface area (Å²) < 4.78 is 5.72. The van der Waals surface area contributed by atoms with Crippen LogP contribution in [0.15, 0.2) is 18.3 Å². The van der Waals surface area contributed by atoms with Gasteiger partial charge >= 0.3 is 0 Å². The van der Waals surface area contributed by atoms with Crippen molar-refractivity contribution in [1.29, 1.82) is 0 Å². The zero-order valence-electron chi connectivity index (χ0n) is 11.9. The second kappa shape index (κ2) is 8.12. The first kappa shape index (κ1) is 14.3. The minimum absolute atomic E-state index is 0.759. The summed E-state index contributed by atoms with van der Waals surface area (Å²) in [6.07, 6.45) is 5.65. The number of pyridine rings is 1. The molecule has 2 heterocycles. The summed E-state index contributed by atoms with van der Waals surface area (Å²) in [4.78, 5) is 6.85. The largest absolute Gasteiger partial charge is 0.491 e. The van der Waals surface area contributed by atoms with Gasteiger partial charge in [-0.05, 0) is 51.0 Å². The highest BCUT2D eigenvalue weighted by Gasteiger charge is 2.10. The van der Waals surface area contributed by atoms with Gasteiger partial charge in [-0.2, -0.15) is 0 Å². The number of hydrogen-bond donors (Lipinski definition) is 1. The standard InChI is InChI=1S/C15H25N3O/c1-2-7-16-12-14-5-6-15(13-17-14)19-11-10-18-8-3-4-9-18/h5-6,13,16H,2-4,7-12H2,1H3. The highest BCUT2D eigenvalue weighted by molar-refractivity contribution is 5.19. The molecule has 4 heteroatoms. The maximum absolute atomic E-state index is 5.72.